The molecular formula is C13H19N3. The molecule has 3 nitrogen and oxygen atoms in total. The molecule has 2 N–H and O–H groups in total. The molecule has 1 aromatic rings. The molecule has 0 aromatic carbocycles. The van der Waals surface area contributed by atoms with Crippen molar-refractivity contribution < 1.29 is 0 Å². The maximum atomic E-state index is 6.40. The molecule has 16 heavy (non-hydrogen) atoms. The molecule has 0 saturated heterocycles. The van der Waals surface area contributed by atoms with Gasteiger partial charge in [0.15, 0.2) is 0 Å². The van der Waals surface area contributed by atoms with Crippen molar-refractivity contribution in [1.29, 1.82) is 0 Å². The van der Waals surface area contributed by atoms with Crippen LogP contribution in [0.25, 0.3) is 0 Å². The standard InChI is InChI=1S/C13H19N3/c1-16-6-9(5-15-16)13(14)12-10-7-2-3-8(4-7)11(10)12/h5-8,10-13H,2-4,14H2,1H3. The Morgan fingerprint density at radius 1 is 1.38 bits per heavy atom. The van der Waals surface area contributed by atoms with Gasteiger partial charge in [-0.15, -0.1) is 0 Å². The predicted molar refractivity (Wildman–Crippen MR) is 61.4 cm³/mol. The second kappa shape index (κ2) is 2.89. The summed E-state index contributed by atoms with van der Waals surface area (Å²) in [6.45, 7) is 0. The lowest BCUT2D eigenvalue weighted by atomic mass is 9.95. The Balaban J connectivity index is 1.57. The Morgan fingerprint density at radius 2 is 2.06 bits per heavy atom. The molecule has 4 rings (SSSR count). The molecule has 0 radical (unpaired) electrons. The highest BCUT2D eigenvalue weighted by molar-refractivity contribution is 5.22. The molecule has 86 valence electrons. The third kappa shape index (κ3) is 1.05. The highest BCUT2D eigenvalue weighted by Crippen LogP contribution is 2.71. The summed E-state index contributed by atoms with van der Waals surface area (Å²) in [5.74, 6) is 4.74. The van der Waals surface area contributed by atoms with E-state index < -0.39 is 0 Å². The van der Waals surface area contributed by atoms with Crippen molar-refractivity contribution >= 4 is 0 Å². The van der Waals surface area contributed by atoms with Gasteiger partial charge < -0.3 is 5.73 Å². The van der Waals surface area contributed by atoms with Crippen LogP contribution in [0.2, 0.25) is 0 Å². The van der Waals surface area contributed by atoms with E-state index >= 15 is 0 Å². The fraction of sp³-hybridized carbons (Fsp3) is 0.769. The van der Waals surface area contributed by atoms with Gasteiger partial charge in [-0.3, -0.25) is 4.68 Å². The van der Waals surface area contributed by atoms with Crippen LogP contribution in [0.3, 0.4) is 0 Å². The molecule has 0 amide bonds. The average Bonchev–Trinajstić information content (AvgIpc) is 2.68. The van der Waals surface area contributed by atoms with Gasteiger partial charge in [-0.2, -0.15) is 5.10 Å². The molecule has 3 fully saturated rings. The number of aryl methyl sites for hydroxylation is 1. The fourth-order valence-electron chi connectivity index (χ4n) is 4.71. The highest BCUT2D eigenvalue weighted by atomic mass is 15.2. The molecule has 3 aliphatic carbocycles. The smallest absolute Gasteiger partial charge is 0.0537 e. The normalized spacial score (nSPS) is 45.8. The first-order chi connectivity index (χ1) is 7.75. The minimum absolute atomic E-state index is 0.243. The molecule has 0 spiro atoms. The van der Waals surface area contributed by atoms with Gasteiger partial charge in [-0.05, 0) is 48.9 Å². The Hall–Kier alpha value is -0.830. The zero-order valence-electron chi connectivity index (χ0n) is 9.71. The van der Waals surface area contributed by atoms with Crippen LogP contribution in [0, 0.1) is 29.6 Å². The summed E-state index contributed by atoms with van der Waals surface area (Å²) in [6, 6.07) is 0.243. The number of nitrogens with two attached hydrogens (primary N) is 1. The minimum Gasteiger partial charge on any atom is -0.324 e. The predicted octanol–water partition coefficient (Wildman–Crippen LogP) is 1.71. The second-order valence-corrected chi connectivity index (χ2v) is 6.04. The average molecular weight is 217 g/mol. The lowest BCUT2D eigenvalue weighted by molar-refractivity contribution is 0.417. The van der Waals surface area contributed by atoms with Crippen LogP contribution < -0.4 is 5.73 Å². The third-order valence-electron chi connectivity index (χ3n) is 5.32. The number of nitrogens with zero attached hydrogens (tertiary/aromatic N) is 2. The van der Waals surface area contributed by atoms with Gasteiger partial charge in [0.2, 0.25) is 0 Å². The monoisotopic (exact) mass is 217 g/mol. The molecule has 1 aromatic heterocycles. The van der Waals surface area contributed by atoms with Gasteiger partial charge in [0.25, 0.3) is 0 Å². The Morgan fingerprint density at radius 3 is 2.62 bits per heavy atom. The van der Waals surface area contributed by atoms with E-state index in [0.717, 1.165) is 29.6 Å². The van der Waals surface area contributed by atoms with Gasteiger partial charge in [0, 0.05) is 24.8 Å². The SMILES string of the molecule is Cn1cc(C(N)C2C3C4CCC(C4)C32)cn1. The first-order valence-corrected chi connectivity index (χ1v) is 6.50. The summed E-state index contributed by atoms with van der Waals surface area (Å²) in [6.07, 6.45) is 8.48. The molecule has 1 heterocycles. The van der Waals surface area contributed by atoms with Crippen LogP contribution >= 0.6 is 0 Å². The van der Waals surface area contributed by atoms with E-state index in [0.29, 0.717) is 0 Å². The van der Waals surface area contributed by atoms with Crippen LogP contribution in [-0.2, 0) is 7.05 Å². The molecule has 2 bridgehead atoms. The van der Waals surface area contributed by atoms with E-state index in [1.165, 1.54) is 24.8 Å². The fourth-order valence-corrected chi connectivity index (χ4v) is 4.71. The summed E-state index contributed by atoms with van der Waals surface area (Å²) in [4.78, 5) is 0. The maximum Gasteiger partial charge on any atom is 0.0537 e. The number of fused-ring (bicyclic) bond motifs is 5. The van der Waals surface area contributed by atoms with Crippen molar-refractivity contribution in [2.24, 2.45) is 42.4 Å². The molecule has 5 unspecified atom stereocenters. The quantitative estimate of drug-likeness (QED) is 0.819. The first kappa shape index (κ1) is 9.23. The summed E-state index contributed by atoms with van der Waals surface area (Å²) in [7, 11) is 1.97. The Bertz CT molecular complexity index is 409. The molecule has 3 aliphatic rings. The summed E-state index contributed by atoms with van der Waals surface area (Å²) < 4.78 is 1.86. The lowest BCUT2D eigenvalue weighted by Gasteiger charge is -2.14. The van der Waals surface area contributed by atoms with E-state index in [4.69, 9.17) is 5.73 Å². The topological polar surface area (TPSA) is 43.8 Å². The zero-order chi connectivity index (χ0) is 10.9. The largest absolute Gasteiger partial charge is 0.324 e. The zero-order valence-corrected chi connectivity index (χ0v) is 9.71. The lowest BCUT2D eigenvalue weighted by Crippen LogP contribution is -2.16. The second-order valence-electron chi connectivity index (χ2n) is 6.04. The van der Waals surface area contributed by atoms with E-state index in [-0.39, 0.29) is 6.04 Å². The minimum atomic E-state index is 0.243. The van der Waals surface area contributed by atoms with E-state index in [2.05, 4.69) is 11.3 Å². The number of hydrogen-bond acceptors (Lipinski definition) is 2. The van der Waals surface area contributed by atoms with E-state index in [9.17, 15) is 0 Å². The first-order valence-electron chi connectivity index (χ1n) is 6.50. The third-order valence-corrected chi connectivity index (χ3v) is 5.32. The van der Waals surface area contributed by atoms with Gasteiger partial charge in [-0.25, -0.2) is 0 Å². The van der Waals surface area contributed by atoms with Crippen molar-refractivity contribution in [2.75, 3.05) is 0 Å². The number of rotatable bonds is 2. The van der Waals surface area contributed by atoms with E-state index in [1.807, 2.05) is 17.9 Å². The van der Waals surface area contributed by atoms with Crippen LogP contribution in [0.4, 0.5) is 0 Å². The summed E-state index contributed by atoms with van der Waals surface area (Å²) >= 11 is 0. The molecule has 5 atom stereocenters. The van der Waals surface area contributed by atoms with Gasteiger partial charge >= 0.3 is 0 Å². The molecule has 3 heteroatoms. The van der Waals surface area contributed by atoms with Crippen LogP contribution in [0.1, 0.15) is 30.9 Å². The molecular weight excluding hydrogens is 198 g/mol. The van der Waals surface area contributed by atoms with E-state index in [1.54, 1.807) is 0 Å². The van der Waals surface area contributed by atoms with Gasteiger partial charge in [-0.1, -0.05) is 0 Å². The van der Waals surface area contributed by atoms with Gasteiger partial charge in [0.1, 0.15) is 0 Å². The Kier molecular flexibility index (Phi) is 1.67. The van der Waals surface area contributed by atoms with Crippen LogP contribution in [0.15, 0.2) is 12.4 Å². The van der Waals surface area contributed by atoms with Gasteiger partial charge in [0.05, 0.1) is 6.20 Å². The van der Waals surface area contributed by atoms with Crippen molar-refractivity contribution in [2.45, 2.75) is 25.3 Å². The van der Waals surface area contributed by atoms with Crippen molar-refractivity contribution in [3.05, 3.63) is 18.0 Å². The summed E-state index contributed by atoms with van der Waals surface area (Å²) in [5, 5.41) is 4.23. The molecule has 0 aliphatic heterocycles. The summed E-state index contributed by atoms with van der Waals surface area (Å²) in [5.41, 5.74) is 7.64. The highest BCUT2D eigenvalue weighted by Gasteiger charge is 2.66. The maximum absolute atomic E-state index is 6.40. The van der Waals surface area contributed by atoms with Crippen molar-refractivity contribution in [1.82, 2.24) is 9.78 Å². The van der Waals surface area contributed by atoms with Crippen LogP contribution in [0.5, 0.6) is 0 Å². The van der Waals surface area contributed by atoms with Crippen molar-refractivity contribution in [3.8, 4) is 0 Å². The van der Waals surface area contributed by atoms with Crippen LogP contribution in [-0.4, -0.2) is 9.78 Å². The number of aromatic nitrogens is 2. The molecule has 3 saturated carbocycles. The number of hydrogen-bond donors (Lipinski definition) is 1. The Labute approximate surface area is 96.0 Å². The van der Waals surface area contributed by atoms with Crippen molar-refractivity contribution in [3.63, 3.8) is 0 Å².